The predicted octanol–water partition coefficient (Wildman–Crippen LogP) is 1.67. The third-order valence-corrected chi connectivity index (χ3v) is 2.28. The molecule has 13 heavy (non-hydrogen) atoms. The number of rotatable bonds is 1. The van der Waals surface area contributed by atoms with E-state index in [0.717, 1.165) is 16.7 Å². The summed E-state index contributed by atoms with van der Waals surface area (Å²) in [6.45, 7) is 2.06. The summed E-state index contributed by atoms with van der Waals surface area (Å²) in [5.74, 6) is 6.57. The van der Waals surface area contributed by atoms with Crippen LogP contribution in [0.3, 0.4) is 0 Å². The molecule has 0 aliphatic carbocycles. The fraction of sp³-hybridized carbons (Fsp3) is 0.200. The third-order valence-electron chi connectivity index (χ3n) is 2.28. The van der Waals surface area contributed by atoms with Crippen molar-refractivity contribution in [3.63, 3.8) is 0 Å². The third kappa shape index (κ3) is 1.04. The molecule has 0 spiro atoms. The van der Waals surface area contributed by atoms with E-state index in [1.165, 1.54) is 5.56 Å². The van der Waals surface area contributed by atoms with Crippen molar-refractivity contribution in [3.05, 3.63) is 30.0 Å². The number of nitrogens with zero attached hydrogens (tertiary/aromatic N) is 1. The second-order valence-corrected chi connectivity index (χ2v) is 3.07. The number of hydrogen-bond donors (Lipinski definition) is 1. The molecule has 0 bridgehead atoms. The van der Waals surface area contributed by atoms with Gasteiger partial charge < -0.3 is 10.6 Å². The van der Waals surface area contributed by atoms with Crippen LogP contribution >= 0.6 is 0 Å². The number of benzene rings is 1. The number of methoxy groups -OCH3 is 1. The monoisotopic (exact) mass is 176 g/mol. The van der Waals surface area contributed by atoms with Gasteiger partial charge >= 0.3 is 0 Å². The highest BCUT2D eigenvalue weighted by Gasteiger charge is 2.06. The van der Waals surface area contributed by atoms with E-state index in [9.17, 15) is 0 Å². The van der Waals surface area contributed by atoms with Gasteiger partial charge in [-0.05, 0) is 24.6 Å². The number of ether oxygens (including phenoxy) is 1. The van der Waals surface area contributed by atoms with Gasteiger partial charge in [-0.15, -0.1) is 0 Å². The van der Waals surface area contributed by atoms with Gasteiger partial charge in [0.15, 0.2) is 0 Å². The van der Waals surface area contributed by atoms with Gasteiger partial charge in [-0.2, -0.15) is 0 Å². The van der Waals surface area contributed by atoms with Crippen LogP contribution in [0, 0.1) is 6.92 Å². The van der Waals surface area contributed by atoms with Crippen LogP contribution in [0.4, 0.5) is 0 Å². The number of fused-ring (bicyclic) bond motifs is 1. The maximum Gasteiger partial charge on any atom is 0.145 e. The molecule has 3 nitrogen and oxygen atoms in total. The minimum absolute atomic E-state index is 0.813. The number of hydrogen-bond acceptors (Lipinski definition) is 2. The van der Waals surface area contributed by atoms with Crippen molar-refractivity contribution in [2.75, 3.05) is 13.0 Å². The Balaban J connectivity index is 2.88. The first-order valence-electron chi connectivity index (χ1n) is 4.14. The maximum absolute atomic E-state index is 5.76. The summed E-state index contributed by atoms with van der Waals surface area (Å²) in [5, 5.41) is 1.14. The minimum atomic E-state index is 0.813. The van der Waals surface area contributed by atoms with Crippen LogP contribution in [0.15, 0.2) is 24.4 Å². The summed E-state index contributed by atoms with van der Waals surface area (Å²) >= 11 is 0. The van der Waals surface area contributed by atoms with E-state index in [1.54, 1.807) is 11.8 Å². The molecule has 0 fully saturated rings. The topological polar surface area (TPSA) is 40.2 Å². The van der Waals surface area contributed by atoms with Crippen molar-refractivity contribution in [2.45, 2.75) is 6.92 Å². The lowest BCUT2D eigenvalue weighted by atomic mass is 10.1. The molecule has 68 valence electrons. The lowest BCUT2D eigenvalue weighted by Gasteiger charge is -2.05. The molecule has 1 aromatic heterocycles. The molecule has 2 N–H and O–H groups in total. The zero-order valence-corrected chi connectivity index (χ0v) is 7.74. The summed E-state index contributed by atoms with van der Waals surface area (Å²) in [4.78, 5) is 0. The molecule has 0 aliphatic rings. The normalized spacial score (nSPS) is 10.6. The van der Waals surface area contributed by atoms with Crippen LogP contribution in [0.2, 0.25) is 0 Å². The summed E-state index contributed by atoms with van der Waals surface area (Å²) < 4.78 is 6.81. The van der Waals surface area contributed by atoms with Crippen molar-refractivity contribution in [3.8, 4) is 5.75 Å². The van der Waals surface area contributed by atoms with Gasteiger partial charge in [0.05, 0.1) is 7.11 Å². The van der Waals surface area contributed by atoms with Crippen LogP contribution in [0.25, 0.3) is 10.9 Å². The van der Waals surface area contributed by atoms with E-state index < -0.39 is 0 Å². The van der Waals surface area contributed by atoms with Crippen molar-refractivity contribution in [1.29, 1.82) is 0 Å². The first kappa shape index (κ1) is 7.98. The fourth-order valence-corrected chi connectivity index (χ4v) is 1.56. The summed E-state index contributed by atoms with van der Waals surface area (Å²) in [5.41, 5.74) is 2.16. The van der Waals surface area contributed by atoms with E-state index in [0.29, 0.717) is 0 Å². The highest BCUT2D eigenvalue weighted by atomic mass is 16.5. The summed E-state index contributed by atoms with van der Waals surface area (Å²) in [7, 11) is 1.65. The van der Waals surface area contributed by atoms with E-state index in [4.69, 9.17) is 10.6 Å². The van der Waals surface area contributed by atoms with Gasteiger partial charge in [0.25, 0.3) is 0 Å². The van der Waals surface area contributed by atoms with Crippen molar-refractivity contribution < 1.29 is 4.74 Å². The van der Waals surface area contributed by atoms with Gasteiger partial charge in [0.2, 0.25) is 0 Å². The molecule has 2 aromatic rings. The maximum atomic E-state index is 5.76. The number of nitrogens with two attached hydrogens (primary N) is 1. The second kappa shape index (κ2) is 2.69. The molecule has 0 radical (unpaired) electrons. The Morgan fingerprint density at radius 1 is 1.31 bits per heavy atom. The number of aryl methyl sites for hydroxylation is 1. The smallest absolute Gasteiger partial charge is 0.145 e. The van der Waals surface area contributed by atoms with Crippen molar-refractivity contribution in [2.24, 2.45) is 0 Å². The standard InChI is InChI=1S/C10H12N2O/c1-7-3-4-9(13-2)10-8(7)5-6-12(10)11/h3-6H,11H2,1-2H3. The van der Waals surface area contributed by atoms with Gasteiger partial charge in [-0.25, -0.2) is 0 Å². The molecule has 0 saturated carbocycles. The highest BCUT2D eigenvalue weighted by molar-refractivity contribution is 5.88. The Morgan fingerprint density at radius 2 is 2.08 bits per heavy atom. The van der Waals surface area contributed by atoms with Crippen molar-refractivity contribution in [1.82, 2.24) is 4.68 Å². The largest absolute Gasteiger partial charge is 0.494 e. The first-order chi connectivity index (χ1) is 6.24. The number of nitrogen functional groups attached to an aromatic ring is 1. The molecule has 1 heterocycles. The highest BCUT2D eigenvalue weighted by Crippen LogP contribution is 2.27. The molecule has 0 unspecified atom stereocenters. The predicted molar refractivity (Wildman–Crippen MR) is 53.4 cm³/mol. The molecule has 2 rings (SSSR count). The van der Waals surface area contributed by atoms with Crippen LogP contribution in [-0.2, 0) is 0 Å². The summed E-state index contributed by atoms with van der Waals surface area (Å²) in [6, 6.07) is 5.95. The van der Waals surface area contributed by atoms with Crippen molar-refractivity contribution >= 4 is 10.9 Å². The van der Waals surface area contributed by atoms with Crippen LogP contribution in [0.1, 0.15) is 5.56 Å². The average Bonchev–Trinajstić information content (AvgIpc) is 2.51. The molecule has 0 saturated heterocycles. The fourth-order valence-electron chi connectivity index (χ4n) is 1.56. The van der Waals surface area contributed by atoms with E-state index in [-0.39, 0.29) is 0 Å². The first-order valence-corrected chi connectivity index (χ1v) is 4.14. The molecule has 1 aromatic carbocycles. The minimum Gasteiger partial charge on any atom is -0.494 e. The molecule has 0 atom stereocenters. The Labute approximate surface area is 76.7 Å². The zero-order chi connectivity index (χ0) is 9.42. The Kier molecular flexibility index (Phi) is 1.65. The Bertz CT molecular complexity index is 445. The van der Waals surface area contributed by atoms with E-state index >= 15 is 0 Å². The molecule has 3 heteroatoms. The molecular weight excluding hydrogens is 164 g/mol. The number of aromatic nitrogens is 1. The molecular formula is C10H12N2O. The Morgan fingerprint density at radius 3 is 2.77 bits per heavy atom. The molecule has 0 aliphatic heterocycles. The average molecular weight is 176 g/mol. The van der Waals surface area contributed by atoms with Crippen LogP contribution in [0.5, 0.6) is 5.75 Å². The SMILES string of the molecule is COc1ccc(C)c2ccn(N)c12. The van der Waals surface area contributed by atoms with E-state index in [2.05, 4.69) is 6.92 Å². The summed E-state index contributed by atoms with van der Waals surface area (Å²) in [6.07, 6.45) is 1.83. The van der Waals surface area contributed by atoms with Gasteiger partial charge in [-0.1, -0.05) is 6.07 Å². The van der Waals surface area contributed by atoms with Gasteiger partial charge in [-0.3, -0.25) is 4.68 Å². The van der Waals surface area contributed by atoms with E-state index in [1.807, 2.05) is 24.4 Å². The zero-order valence-electron chi connectivity index (χ0n) is 7.74. The van der Waals surface area contributed by atoms with Gasteiger partial charge in [0.1, 0.15) is 11.3 Å². The van der Waals surface area contributed by atoms with Gasteiger partial charge in [0, 0.05) is 11.6 Å². The second-order valence-electron chi connectivity index (χ2n) is 3.07. The Hall–Kier alpha value is -1.64. The molecule has 0 amide bonds. The van der Waals surface area contributed by atoms with Crippen LogP contribution in [-0.4, -0.2) is 11.8 Å². The lowest BCUT2D eigenvalue weighted by molar-refractivity contribution is 0.418. The van der Waals surface area contributed by atoms with Crippen LogP contribution < -0.4 is 10.6 Å². The quantitative estimate of drug-likeness (QED) is 0.671. The lowest BCUT2D eigenvalue weighted by Crippen LogP contribution is -2.06.